The molecule has 6 heteroatoms. The molecular formula is C42H35BrNO3P. The van der Waals surface area contributed by atoms with Gasteiger partial charge in [-0.25, -0.2) is 0 Å². The Bertz CT molecular complexity index is 2030. The molecule has 48 heavy (non-hydrogen) atoms. The first-order valence-corrected chi connectivity index (χ1v) is 20.0. The van der Waals surface area contributed by atoms with Gasteiger partial charge in [0.05, 0.1) is 0 Å². The van der Waals surface area contributed by atoms with Gasteiger partial charge in [0.25, 0.3) is 0 Å². The number of halogens is 1. The third kappa shape index (κ3) is 5.84. The first kappa shape index (κ1) is 32.9. The fourth-order valence-corrected chi connectivity index (χ4v) is 14.3. The fraction of sp³-hybridized carbons (Fsp3) is 0.0952. The van der Waals surface area contributed by atoms with Crippen molar-refractivity contribution < 1.29 is 14.3 Å². The van der Waals surface area contributed by atoms with Crippen LogP contribution in [0.25, 0.3) is 11.1 Å². The van der Waals surface area contributed by atoms with Crippen LogP contribution >= 0.6 is 20.8 Å². The van der Waals surface area contributed by atoms with Crippen LogP contribution in [-0.2, 0) is 6.16 Å². The van der Waals surface area contributed by atoms with Crippen molar-refractivity contribution in [2.75, 3.05) is 14.2 Å². The Labute approximate surface area is 290 Å². The number of carbonyl (C=O) groups excluding carboxylic acids is 1. The van der Waals surface area contributed by atoms with Gasteiger partial charge in [0, 0.05) is 0 Å². The molecule has 0 radical (unpaired) electrons. The van der Waals surface area contributed by atoms with Gasteiger partial charge in [0.15, 0.2) is 0 Å². The van der Waals surface area contributed by atoms with E-state index in [0.717, 1.165) is 28.0 Å². The molecule has 0 N–H and O–H groups in total. The van der Waals surface area contributed by atoms with Crippen molar-refractivity contribution in [3.63, 3.8) is 0 Å². The molecule has 6 aromatic carbocycles. The number of ketones is 1. The quantitative estimate of drug-likeness (QED) is 0.105. The van der Waals surface area contributed by atoms with E-state index in [1.807, 2.05) is 30.3 Å². The Morgan fingerprint density at radius 1 is 0.688 bits per heavy atom. The summed E-state index contributed by atoms with van der Waals surface area (Å²) >= 11 is 4.62. The van der Waals surface area contributed by atoms with Crippen molar-refractivity contribution in [3.05, 3.63) is 173 Å². The number of benzene rings is 6. The van der Waals surface area contributed by atoms with Crippen LogP contribution in [0, 0.1) is 18.3 Å². The van der Waals surface area contributed by atoms with E-state index in [4.69, 9.17) is 9.47 Å². The normalized spacial score (nSPS) is 11.9. The average molecular weight is 713 g/mol. The predicted molar refractivity (Wildman–Crippen MR) is 202 cm³/mol. The van der Waals surface area contributed by atoms with Gasteiger partial charge in [0.2, 0.25) is 0 Å². The molecule has 238 valence electrons. The molecule has 0 heterocycles. The number of carbonyl (C=O) groups is 1. The molecule has 0 unspecified atom stereocenters. The van der Waals surface area contributed by atoms with Crippen molar-refractivity contribution in [1.82, 2.24) is 0 Å². The molecule has 0 aliphatic rings. The summed E-state index contributed by atoms with van der Waals surface area (Å²) in [5, 5.41) is 9.99. The van der Waals surface area contributed by atoms with Crippen LogP contribution in [0.15, 0.2) is 146 Å². The van der Waals surface area contributed by atoms with E-state index in [9.17, 15) is 10.1 Å². The van der Waals surface area contributed by atoms with E-state index in [2.05, 4.69) is 107 Å². The van der Waals surface area contributed by atoms with Gasteiger partial charge in [-0.05, 0) is 0 Å². The van der Waals surface area contributed by atoms with E-state index < -0.39 is 5.31 Å². The van der Waals surface area contributed by atoms with Gasteiger partial charge in [-0.1, -0.05) is 0 Å². The summed E-state index contributed by atoms with van der Waals surface area (Å²) in [5.74, 6) is 1.23. The summed E-state index contributed by atoms with van der Waals surface area (Å²) in [6.07, 6.45) is 0.590. The zero-order valence-corrected chi connectivity index (χ0v) is 29.5. The monoisotopic (exact) mass is 711 g/mol. The van der Waals surface area contributed by atoms with Gasteiger partial charge in [-0.3, -0.25) is 0 Å². The first-order valence-electron chi connectivity index (χ1n) is 15.6. The summed E-state index contributed by atoms with van der Waals surface area (Å²) in [6, 6.07) is 50.7. The second-order valence-electron chi connectivity index (χ2n) is 11.8. The standard InChI is InChI=1S/C42H35BrNO3P/c1-30-25-35(47-3)27-33(41(30)39-24-19-31(28-44)26-40(39)42(45)32-20-22-34(46-2)23-21-32)29-48(43,36-13-7-4-8-14-36,37-15-9-5-10-16-37)38-17-11-6-12-18-38/h4-27H,29H2,1-3H3. The van der Waals surface area contributed by atoms with Gasteiger partial charge in [0.1, 0.15) is 0 Å². The maximum absolute atomic E-state index is 14.3. The minimum atomic E-state index is -3.45. The van der Waals surface area contributed by atoms with Gasteiger partial charge < -0.3 is 0 Å². The Morgan fingerprint density at radius 3 is 1.69 bits per heavy atom. The van der Waals surface area contributed by atoms with Gasteiger partial charge in [-0.15, -0.1) is 0 Å². The van der Waals surface area contributed by atoms with Crippen molar-refractivity contribution >= 4 is 42.5 Å². The van der Waals surface area contributed by atoms with E-state index >= 15 is 0 Å². The number of methoxy groups -OCH3 is 2. The number of hydrogen-bond donors (Lipinski definition) is 0. The number of nitriles is 1. The fourth-order valence-electron chi connectivity index (χ4n) is 6.63. The van der Waals surface area contributed by atoms with Crippen LogP contribution < -0.4 is 25.4 Å². The number of nitrogens with zero attached hydrogens (tertiary/aromatic N) is 1. The van der Waals surface area contributed by atoms with Crippen molar-refractivity contribution in [2.45, 2.75) is 13.1 Å². The molecule has 0 saturated heterocycles. The number of rotatable bonds is 10. The van der Waals surface area contributed by atoms with Crippen LogP contribution in [0.5, 0.6) is 11.5 Å². The van der Waals surface area contributed by atoms with Gasteiger partial charge >= 0.3 is 291 Å². The maximum atomic E-state index is 14.3. The van der Waals surface area contributed by atoms with Crippen LogP contribution in [0.2, 0.25) is 0 Å². The van der Waals surface area contributed by atoms with Gasteiger partial charge in [-0.2, -0.15) is 0 Å². The SMILES string of the molecule is COc1ccc(C(=O)c2cc(C#N)ccc2-c2c(C)cc(OC)cc2CP(Br)(c2ccccc2)(c2ccccc2)c2ccccc2)cc1. The second kappa shape index (κ2) is 13.6. The van der Waals surface area contributed by atoms with E-state index in [1.54, 1.807) is 50.6 Å². The Hall–Kier alpha value is -5.01. The van der Waals surface area contributed by atoms with Crippen molar-refractivity contribution in [2.24, 2.45) is 0 Å². The predicted octanol–water partition coefficient (Wildman–Crippen LogP) is 9.12. The zero-order chi connectivity index (χ0) is 33.8. The molecule has 0 bridgehead atoms. The zero-order valence-electron chi connectivity index (χ0n) is 27.1. The average Bonchev–Trinajstić information content (AvgIpc) is 3.15. The first-order chi connectivity index (χ1) is 23.3. The number of ether oxygens (including phenoxy) is 2. The molecule has 0 fully saturated rings. The molecular weight excluding hydrogens is 677 g/mol. The van der Waals surface area contributed by atoms with Crippen LogP contribution in [0.3, 0.4) is 0 Å². The molecule has 0 saturated carbocycles. The van der Waals surface area contributed by atoms with E-state index in [0.29, 0.717) is 28.6 Å². The second-order valence-corrected chi connectivity index (χ2v) is 20.7. The van der Waals surface area contributed by atoms with Crippen LogP contribution in [0.1, 0.15) is 32.6 Å². The molecule has 0 aliphatic carbocycles. The molecule has 6 rings (SSSR count). The molecule has 0 aliphatic heterocycles. The Balaban J connectivity index is 1.67. The molecule has 0 aromatic heterocycles. The van der Waals surface area contributed by atoms with E-state index in [-0.39, 0.29) is 5.78 Å². The Morgan fingerprint density at radius 2 is 1.21 bits per heavy atom. The molecule has 0 amide bonds. The summed E-state index contributed by atoms with van der Waals surface area (Å²) in [7, 11) is 3.28. The third-order valence-electron chi connectivity index (χ3n) is 8.99. The number of aryl methyl sites for hydroxylation is 1. The summed E-state index contributed by atoms with van der Waals surface area (Å²) in [6.45, 7) is 2.05. The minimum absolute atomic E-state index is 0.170. The topological polar surface area (TPSA) is 59.3 Å². The molecule has 0 spiro atoms. The van der Waals surface area contributed by atoms with Crippen molar-refractivity contribution in [3.8, 4) is 28.7 Å². The van der Waals surface area contributed by atoms with Crippen LogP contribution in [0.4, 0.5) is 0 Å². The molecule has 6 aromatic rings. The Kier molecular flexibility index (Phi) is 9.33. The number of hydrogen-bond acceptors (Lipinski definition) is 4. The summed E-state index contributed by atoms with van der Waals surface area (Å²) in [5.41, 5.74) is 5.07. The molecule has 4 nitrogen and oxygen atoms in total. The summed E-state index contributed by atoms with van der Waals surface area (Å²) in [4.78, 5) is 14.3. The van der Waals surface area contributed by atoms with Crippen LogP contribution in [-0.4, -0.2) is 20.0 Å². The third-order valence-corrected chi connectivity index (χ3v) is 18.5. The van der Waals surface area contributed by atoms with Crippen molar-refractivity contribution in [1.29, 1.82) is 5.26 Å². The van der Waals surface area contributed by atoms with E-state index in [1.165, 1.54) is 15.9 Å². The molecule has 0 atom stereocenters. The summed E-state index contributed by atoms with van der Waals surface area (Å²) < 4.78 is 11.2.